The maximum atomic E-state index is 4.52. The van der Waals surface area contributed by atoms with E-state index in [1.165, 1.54) is 22.3 Å². The Bertz CT molecular complexity index is 1320. The molecule has 0 unspecified atom stereocenters. The zero-order chi connectivity index (χ0) is 43.9. The van der Waals surface area contributed by atoms with Crippen molar-refractivity contribution in [3.8, 4) is 0 Å². The van der Waals surface area contributed by atoms with E-state index in [1.807, 2.05) is 12.4 Å². The van der Waals surface area contributed by atoms with Crippen molar-refractivity contribution in [3.05, 3.63) is 118 Å². The Morgan fingerprint density at radius 3 is 0.571 bits per heavy atom. The first-order valence-electron chi connectivity index (χ1n) is 20.7. The predicted octanol–water partition coefficient (Wildman–Crippen LogP) is 14.7. The largest absolute Gasteiger partial charge is 0.260 e. The number of nitrogens with zero attached hydrogens (tertiary/aromatic N) is 4. The SMILES string of the molecule is CC(C)(C)c1ccc(C(C)(C)C)cc1.CC(C)(C)c1ccc(C(C)(C)C)nc1.CC(C)(C)c1ccc(C(C)(C)C)nc1.CC(C)(C)c1ccc(C(C)(C)C)nn1. The summed E-state index contributed by atoms with van der Waals surface area (Å²) in [6.45, 7) is 52.7. The molecule has 0 bridgehead atoms. The van der Waals surface area contributed by atoms with E-state index in [0.717, 1.165) is 22.8 Å². The van der Waals surface area contributed by atoms with E-state index in [0.29, 0.717) is 0 Å². The molecule has 4 aromatic rings. The number of aromatic nitrogens is 4. The molecule has 0 amide bonds. The summed E-state index contributed by atoms with van der Waals surface area (Å²) in [6, 6.07) is 21.8. The maximum absolute atomic E-state index is 4.52. The molecule has 0 aliphatic carbocycles. The average molecular weight is 765 g/mol. The first-order valence-corrected chi connectivity index (χ1v) is 20.7. The lowest BCUT2D eigenvalue weighted by atomic mass is 9.82. The lowest BCUT2D eigenvalue weighted by molar-refractivity contribution is 0.527. The molecule has 0 radical (unpaired) electrons. The molecule has 3 heterocycles. The van der Waals surface area contributed by atoms with Crippen LogP contribution in [0.15, 0.2) is 73.1 Å². The van der Waals surface area contributed by atoms with Gasteiger partial charge in [-0.3, -0.25) is 9.97 Å². The van der Waals surface area contributed by atoms with Gasteiger partial charge < -0.3 is 0 Å². The summed E-state index contributed by atoms with van der Waals surface area (Å²) in [5.74, 6) is 0. The fourth-order valence-corrected chi connectivity index (χ4v) is 5.16. The van der Waals surface area contributed by atoms with Gasteiger partial charge in [0.05, 0.1) is 11.4 Å². The van der Waals surface area contributed by atoms with Crippen molar-refractivity contribution in [1.82, 2.24) is 20.2 Å². The van der Waals surface area contributed by atoms with E-state index in [4.69, 9.17) is 0 Å². The van der Waals surface area contributed by atoms with Crippen molar-refractivity contribution in [3.63, 3.8) is 0 Å². The highest BCUT2D eigenvalue weighted by atomic mass is 15.1. The quantitative estimate of drug-likeness (QED) is 0.179. The first kappa shape index (κ1) is 50.6. The molecule has 0 aliphatic rings. The lowest BCUT2D eigenvalue weighted by Crippen LogP contribution is -2.18. The molecule has 4 heteroatoms. The van der Waals surface area contributed by atoms with Crippen molar-refractivity contribution in [2.75, 3.05) is 0 Å². The number of hydrogen-bond donors (Lipinski definition) is 0. The Morgan fingerprint density at radius 2 is 0.429 bits per heavy atom. The van der Waals surface area contributed by atoms with Gasteiger partial charge in [0.2, 0.25) is 0 Å². The molecular formula is C52H84N4. The van der Waals surface area contributed by atoms with Gasteiger partial charge >= 0.3 is 0 Å². The second-order valence-electron chi connectivity index (χ2n) is 23.7. The highest BCUT2D eigenvalue weighted by molar-refractivity contribution is 5.31. The van der Waals surface area contributed by atoms with Crippen LogP contribution in [0.3, 0.4) is 0 Å². The number of hydrogen-bond acceptors (Lipinski definition) is 4. The van der Waals surface area contributed by atoms with Gasteiger partial charge in [-0.15, -0.1) is 0 Å². The molecule has 0 fully saturated rings. The molecule has 0 saturated carbocycles. The summed E-state index contributed by atoms with van der Waals surface area (Å²) in [4.78, 5) is 9.03. The predicted molar refractivity (Wildman–Crippen MR) is 247 cm³/mol. The Balaban J connectivity index is 0.000000373. The monoisotopic (exact) mass is 765 g/mol. The van der Waals surface area contributed by atoms with Crippen LogP contribution >= 0.6 is 0 Å². The molecular weight excluding hydrogens is 681 g/mol. The summed E-state index contributed by atoms with van der Waals surface area (Å²) < 4.78 is 0. The first-order chi connectivity index (χ1) is 24.8. The van der Waals surface area contributed by atoms with E-state index in [2.05, 4.69) is 247 Å². The van der Waals surface area contributed by atoms with E-state index in [-0.39, 0.29) is 43.3 Å². The smallest absolute Gasteiger partial charge is 0.0684 e. The molecule has 0 aliphatic heterocycles. The van der Waals surface area contributed by atoms with Crippen molar-refractivity contribution in [1.29, 1.82) is 0 Å². The molecule has 4 rings (SSSR count). The molecule has 0 N–H and O–H groups in total. The third-order valence-corrected chi connectivity index (χ3v) is 9.61. The Labute approximate surface area is 346 Å². The van der Waals surface area contributed by atoms with Crippen molar-refractivity contribution >= 4 is 0 Å². The van der Waals surface area contributed by atoms with Gasteiger partial charge in [-0.05, 0) is 68.2 Å². The second kappa shape index (κ2) is 18.5. The minimum Gasteiger partial charge on any atom is -0.260 e. The van der Waals surface area contributed by atoms with Crippen molar-refractivity contribution < 1.29 is 0 Å². The van der Waals surface area contributed by atoms with Gasteiger partial charge in [0.1, 0.15) is 0 Å². The van der Waals surface area contributed by atoms with Crippen LogP contribution in [0.25, 0.3) is 0 Å². The topological polar surface area (TPSA) is 51.6 Å². The molecule has 3 aromatic heterocycles. The van der Waals surface area contributed by atoms with Crippen LogP contribution in [0.1, 0.15) is 211 Å². The fourth-order valence-electron chi connectivity index (χ4n) is 5.16. The Hall–Kier alpha value is -3.40. The van der Waals surface area contributed by atoms with Crippen LogP contribution in [-0.4, -0.2) is 20.2 Å². The minimum atomic E-state index is 0.0867. The molecule has 56 heavy (non-hydrogen) atoms. The third-order valence-electron chi connectivity index (χ3n) is 9.61. The fraction of sp³-hybridized carbons (Fsp3) is 0.615. The highest BCUT2D eigenvalue weighted by Gasteiger charge is 2.22. The summed E-state index contributed by atoms with van der Waals surface area (Å²) in [7, 11) is 0. The van der Waals surface area contributed by atoms with Crippen LogP contribution in [-0.2, 0) is 43.3 Å². The minimum absolute atomic E-state index is 0.0867. The van der Waals surface area contributed by atoms with Gasteiger partial charge in [0.15, 0.2) is 0 Å². The van der Waals surface area contributed by atoms with Crippen LogP contribution in [0.4, 0.5) is 0 Å². The van der Waals surface area contributed by atoms with Gasteiger partial charge in [-0.1, -0.05) is 203 Å². The standard InChI is InChI=1S/C14H22.2C13H21N.C12H20N2/c1-13(2,3)11-7-9-12(10-8-11)14(4,5)6;2*1-12(2,3)10-7-8-11(14-9-10)13(4,5)6;1-11(2,3)9-7-8-10(14-13-9)12(4,5)6/h7-10H,1-6H3;2*7-9H,1-6H3;7-8H,1-6H3. The number of benzene rings is 1. The van der Waals surface area contributed by atoms with Crippen molar-refractivity contribution in [2.45, 2.75) is 209 Å². The van der Waals surface area contributed by atoms with Gasteiger partial charge in [0.25, 0.3) is 0 Å². The summed E-state index contributed by atoms with van der Waals surface area (Å²) in [5.41, 5.74) is 11.2. The molecule has 0 atom stereocenters. The molecule has 0 saturated heterocycles. The van der Waals surface area contributed by atoms with E-state index >= 15 is 0 Å². The van der Waals surface area contributed by atoms with E-state index < -0.39 is 0 Å². The maximum Gasteiger partial charge on any atom is 0.0684 e. The van der Waals surface area contributed by atoms with E-state index in [9.17, 15) is 0 Å². The zero-order valence-corrected chi connectivity index (χ0v) is 40.7. The summed E-state index contributed by atoms with van der Waals surface area (Å²) in [6.07, 6.45) is 4.00. The number of rotatable bonds is 0. The van der Waals surface area contributed by atoms with Crippen LogP contribution in [0.2, 0.25) is 0 Å². The van der Waals surface area contributed by atoms with E-state index in [1.54, 1.807) is 0 Å². The normalized spacial score (nSPS) is 13.0. The molecule has 0 spiro atoms. The zero-order valence-electron chi connectivity index (χ0n) is 40.7. The third kappa shape index (κ3) is 17.4. The second-order valence-corrected chi connectivity index (χ2v) is 23.7. The lowest BCUT2D eigenvalue weighted by Gasteiger charge is -2.23. The molecule has 312 valence electrons. The average Bonchev–Trinajstić information content (AvgIpc) is 3.03. The Morgan fingerprint density at radius 1 is 0.232 bits per heavy atom. The van der Waals surface area contributed by atoms with Crippen molar-refractivity contribution in [2.24, 2.45) is 0 Å². The van der Waals surface area contributed by atoms with Gasteiger partial charge in [-0.2, -0.15) is 10.2 Å². The Kier molecular flexibility index (Phi) is 16.7. The van der Waals surface area contributed by atoms with Crippen LogP contribution in [0, 0.1) is 0 Å². The number of pyridine rings is 2. The summed E-state index contributed by atoms with van der Waals surface area (Å²) in [5, 5.41) is 8.53. The van der Waals surface area contributed by atoms with Gasteiger partial charge in [0, 0.05) is 45.4 Å². The summed E-state index contributed by atoms with van der Waals surface area (Å²) >= 11 is 0. The molecule has 1 aromatic carbocycles. The highest BCUT2D eigenvalue weighted by Crippen LogP contribution is 2.29. The van der Waals surface area contributed by atoms with Crippen LogP contribution in [0.5, 0.6) is 0 Å². The van der Waals surface area contributed by atoms with Gasteiger partial charge in [-0.25, -0.2) is 0 Å². The van der Waals surface area contributed by atoms with Crippen LogP contribution < -0.4 is 0 Å². The molecule has 4 nitrogen and oxygen atoms in total.